The van der Waals surface area contributed by atoms with Crippen molar-refractivity contribution < 1.29 is 0 Å². The molecule has 7 nitrogen and oxygen atoms in total. The minimum Gasteiger partial charge on any atom is -0.365 e. The number of hydrogen-bond donors (Lipinski definition) is 2. The van der Waals surface area contributed by atoms with Gasteiger partial charge >= 0.3 is 0 Å². The lowest BCUT2D eigenvalue weighted by Crippen LogP contribution is -2.57. The quantitative estimate of drug-likeness (QED) is 0.419. The number of fused-ring (bicyclic) bond motifs is 1. The molecule has 4 heterocycles. The first-order valence-corrected chi connectivity index (χ1v) is 11.7. The maximum absolute atomic E-state index is 4.58. The number of nitrogens with zero attached hydrogens (tertiary/aromatic N) is 5. The third-order valence-corrected chi connectivity index (χ3v) is 7.08. The van der Waals surface area contributed by atoms with E-state index >= 15 is 0 Å². The first-order valence-electron chi connectivity index (χ1n) is 10.9. The summed E-state index contributed by atoms with van der Waals surface area (Å²) >= 11 is 1.64. The minimum atomic E-state index is 0.582. The van der Waals surface area contributed by atoms with Crippen molar-refractivity contribution >= 4 is 44.6 Å². The van der Waals surface area contributed by atoms with Crippen LogP contribution >= 0.6 is 11.3 Å². The molecular weight excluding hydrogens is 430 g/mol. The predicted octanol–water partition coefficient (Wildman–Crippen LogP) is 4.63. The molecule has 8 heteroatoms. The number of hydrogen-bond acceptors (Lipinski definition) is 8. The fraction of sp³-hybridized carbons (Fsp3) is 0.240. The van der Waals surface area contributed by atoms with E-state index in [-0.39, 0.29) is 0 Å². The Labute approximate surface area is 197 Å². The number of rotatable bonds is 7. The number of likely N-dealkylation sites (N-methyl/N-ethyl adjacent to an activating group) is 1. The van der Waals surface area contributed by atoms with Crippen molar-refractivity contribution in [3.05, 3.63) is 67.1 Å². The Morgan fingerprint density at radius 2 is 1.91 bits per heavy atom. The highest BCUT2D eigenvalue weighted by atomic mass is 32.1. The second-order valence-electron chi connectivity index (χ2n) is 8.44. The summed E-state index contributed by atoms with van der Waals surface area (Å²) in [6, 6.07) is 13.1. The Balaban J connectivity index is 1.33. The van der Waals surface area contributed by atoms with Gasteiger partial charge in [-0.2, -0.15) is 0 Å². The lowest BCUT2D eigenvalue weighted by Gasteiger charge is -2.43. The normalized spacial score (nSPS) is 13.9. The zero-order chi connectivity index (χ0) is 22.9. The van der Waals surface area contributed by atoms with Crippen LogP contribution in [0.2, 0.25) is 0 Å². The third-order valence-electron chi connectivity index (χ3n) is 6.02. The average molecular weight is 458 g/mol. The van der Waals surface area contributed by atoms with Gasteiger partial charge in [-0.05, 0) is 49.3 Å². The second kappa shape index (κ2) is 8.80. The van der Waals surface area contributed by atoms with Crippen LogP contribution in [0.15, 0.2) is 61.6 Å². The van der Waals surface area contributed by atoms with Gasteiger partial charge in [0.1, 0.15) is 11.6 Å². The summed E-state index contributed by atoms with van der Waals surface area (Å²) in [7, 11) is 6.12. The van der Waals surface area contributed by atoms with Crippen molar-refractivity contribution in [2.75, 3.05) is 49.8 Å². The van der Waals surface area contributed by atoms with Crippen LogP contribution in [-0.2, 0) is 0 Å². The number of aromatic nitrogens is 3. The Kier molecular flexibility index (Phi) is 5.70. The van der Waals surface area contributed by atoms with Crippen LogP contribution in [0, 0.1) is 0 Å². The molecule has 0 spiro atoms. The summed E-state index contributed by atoms with van der Waals surface area (Å²) in [4.78, 5) is 19.2. The van der Waals surface area contributed by atoms with Gasteiger partial charge in [-0.25, -0.2) is 15.0 Å². The highest BCUT2D eigenvalue weighted by Crippen LogP contribution is 2.32. The van der Waals surface area contributed by atoms with Gasteiger partial charge in [0, 0.05) is 61.4 Å². The second-order valence-corrected chi connectivity index (χ2v) is 9.47. The fourth-order valence-electron chi connectivity index (χ4n) is 3.86. The number of pyridine rings is 2. The summed E-state index contributed by atoms with van der Waals surface area (Å²) in [6.45, 7) is 6.23. The smallest absolute Gasteiger partial charge is 0.182 e. The summed E-state index contributed by atoms with van der Waals surface area (Å²) in [6.07, 6.45) is 5.63. The summed E-state index contributed by atoms with van der Waals surface area (Å²) in [5.41, 5.74) is 2.95. The van der Waals surface area contributed by atoms with E-state index in [1.54, 1.807) is 11.3 Å². The highest BCUT2D eigenvalue weighted by molar-refractivity contribution is 7.18. The molecular formula is C25H27N7S. The zero-order valence-corrected chi connectivity index (χ0v) is 19.9. The molecule has 0 amide bonds. The molecule has 0 saturated carbocycles. The lowest BCUT2D eigenvalue weighted by atomic mass is 10.1. The molecule has 0 aliphatic carbocycles. The van der Waals surface area contributed by atoms with E-state index in [1.807, 2.05) is 31.7 Å². The molecule has 1 aliphatic heterocycles. The van der Waals surface area contributed by atoms with Gasteiger partial charge < -0.3 is 20.4 Å². The maximum atomic E-state index is 4.58. The van der Waals surface area contributed by atoms with Crippen molar-refractivity contribution in [2.45, 2.75) is 6.04 Å². The van der Waals surface area contributed by atoms with Crippen LogP contribution in [0.25, 0.3) is 26.9 Å². The van der Waals surface area contributed by atoms with Crippen molar-refractivity contribution in [2.24, 2.45) is 0 Å². The Morgan fingerprint density at radius 3 is 2.67 bits per heavy atom. The van der Waals surface area contributed by atoms with Crippen molar-refractivity contribution in [3.8, 4) is 10.4 Å². The van der Waals surface area contributed by atoms with Crippen LogP contribution in [0.4, 0.5) is 16.8 Å². The summed E-state index contributed by atoms with van der Waals surface area (Å²) in [5.74, 6) is 1.75. The molecule has 1 aliphatic rings. The van der Waals surface area contributed by atoms with Crippen molar-refractivity contribution in [1.29, 1.82) is 0 Å². The average Bonchev–Trinajstić information content (AvgIpc) is 3.27. The van der Waals surface area contributed by atoms with Gasteiger partial charge in [0.25, 0.3) is 0 Å². The van der Waals surface area contributed by atoms with E-state index in [0.29, 0.717) is 6.04 Å². The van der Waals surface area contributed by atoms with E-state index < -0.39 is 0 Å². The lowest BCUT2D eigenvalue weighted by molar-refractivity contribution is 0.246. The largest absolute Gasteiger partial charge is 0.365 e. The summed E-state index contributed by atoms with van der Waals surface area (Å²) < 4.78 is 0. The molecule has 0 unspecified atom stereocenters. The molecule has 1 saturated heterocycles. The van der Waals surface area contributed by atoms with E-state index in [9.17, 15) is 0 Å². The van der Waals surface area contributed by atoms with Crippen molar-refractivity contribution in [3.63, 3.8) is 0 Å². The van der Waals surface area contributed by atoms with E-state index in [1.165, 1.54) is 0 Å². The monoisotopic (exact) mass is 457 g/mol. The molecule has 168 valence electrons. The van der Waals surface area contributed by atoms with Gasteiger partial charge in [-0.1, -0.05) is 30.0 Å². The maximum Gasteiger partial charge on any atom is 0.182 e. The van der Waals surface area contributed by atoms with Gasteiger partial charge in [0.2, 0.25) is 0 Å². The first kappa shape index (κ1) is 21.4. The molecule has 0 atom stereocenters. The molecule has 4 aromatic rings. The number of thiazole rings is 1. The van der Waals surface area contributed by atoms with Crippen LogP contribution in [0.3, 0.4) is 0 Å². The molecule has 5 rings (SSSR count). The highest BCUT2D eigenvalue weighted by Gasteiger charge is 2.29. The summed E-state index contributed by atoms with van der Waals surface area (Å²) in [5, 5.41) is 9.58. The minimum absolute atomic E-state index is 0.582. The molecule has 33 heavy (non-hydrogen) atoms. The molecule has 1 fully saturated rings. The van der Waals surface area contributed by atoms with Crippen LogP contribution in [0.1, 0.15) is 5.56 Å². The molecule has 1 aromatic carbocycles. The van der Waals surface area contributed by atoms with Crippen LogP contribution in [0.5, 0.6) is 0 Å². The first-order chi connectivity index (χ1) is 16.0. The predicted molar refractivity (Wildman–Crippen MR) is 139 cm³/mol. The number of nitrogens with one attached hydrogen (secondary N) is 2. The van der Waals surface area contributed by atoms with Gasteiger partial charge in [0.15, 0.2) is 5.13 Å². The zero-order valence-electron chi connectivity index (χ0n) is 19.0. The molecule has 0 bridgehead atoms. The number of anilines is 3. The standard InChI is InChI=1S/C25H27N7S/c1-16(17-7-8-27-24(11-17)32-14-21(15-32)31(3)4)30-23-10-20-9-18(5-6-19(20)12-28-23)22-13-29-25(26-2)33-22/h5-13,21H,1,14-15H2,2-4H3,(H,26,29)(H,28,30). The topological polar surface area (TPSA) is 69.2 Å². The molecule has 2 N–H and O–H groups in total. The van der Waals surface area contributed by atoms with E-state index in [0.717, 1.165) is 62.3 Å². The SMILES string of the molecule is C=C(Nc1cc2cc(-c3cnc(NC)s3)ccc2cn1)c1ccnc(N2CC(N(C)C)C2)c1. The molecule has 0 radical (unpaired) electrons. The van der Waals surface area contributed by atoms with Crippen molar-refractivity contribution in [1.82, 2.24) is 19.9 Å². The van der Waals surface area contributed by atoms with Crippen LogP contribution in [-0.4, -0.2) is 60.1 Å². The number of benzene rings is 1. The van der Waals surface area contributed by atoms with Gasteiger partial charge in [0.05, 0.1) is 4.88 Å². The Hall–Kier alpha value is -3.49. The fourth-order valence-corrected chi connectivity index (χ4v) is 4.63. The van der Waals surface area contributed by atoms with Crippen LogP contribution < -0.4 is 15.5 Å². The molecule has 3 aromatic heterocycles. The van der Waals surface area contributed by atoms with Gasteiger partial charge in [-0.15, -0.1) is 0 Å². The van der Waals surface area contributed by atoms with Gasteiger partial charge in [-0.3, -0.25) is 0 Å². The third kappa shape index (κ3) is 4.40. The van der Waals surface area contributed by atoms with E-state index in [4.69, 9.17) is 0 Å². The van der Waals surface area contributed by atoms with E-state index in [2.05, 4.69) is 86.4 Å². The Morgan fingerprint density at radius 1 is 1.06 bits per heavy atom. The Bertz CT molecular complexity index is 1310.